The van der Waals surface area contributed by atoms with Crippen LogP contribution in [0.3, 0.4) is 0 Å². The van der Waals surface area contributed by atoms with E-state index in [0.717, 1.165) is 0 Å². The highest BCUT2D eigenvalue weighted by Gasteiger charge is 2.33. The first-order valence-electron chi connectivity index (χ1n) is 9.85. The van der Waals surface area contributed by atoms with Crippen LogP contribution >= 0.6 is 114 Å². The molecule has 194 valence electrons. The van der Waals surface area contributed by atoms with Crippen LogP contribution in [-0.4, -0.2) is 20.2 Å². The Kier molecular flexibility index (Phi) is 9.33. The minimum absolute atomic E-state index is 0.0611. The third-order valence-corrected chi connectivity index (χ3v) is 9.85. The molecule has 0 saturated heterocycles. The van der Waals surface area contributed by atoms with Gasteiger partial charge in [-0.1, -0.05) is 46.4 Å². The molecule has 0 spiro atoms. The maximum absolute atomic E-state index is 13.1. The number of hydrogen-bond donors (Lipinski definition) is 0. The van der Waals surface area contributed by atoms with Crippen LogP contribution < -0.4 is 10.3 Å². The molecule has 2 aromatic rings. The molecule has 1 heterocycles. The molecule has 0 N–H and O–H groups in total. The second-order valence-corrected chi connectivity index (χ2v) is 12.2. The highest BCUT2D eigenvalue weighted by Crippen LogP contribution is 2.52. The highest BCUT2D eigenvalue weighted by molar-refractivity contribution is 14.1. The van der Waals surface area contributed by atoms with Gasteiger partial charge in [0.05, 0.1) is 43.4 Å². The van der Waals surface area contributed by atoms with Crippen molar-refractivity contribution in [3.05, 3.63) is 64.3 Å². The SMILES string of the molecule is COOC(=O)c1c(Cl)c(Cl)c(Cl)c(Cl)c1-c1c2cc(C)c(=O)c(I)c-2oc2c(I)c(OOC)c(I)cc12. The predicted molar refractivity (Wildman–Crippen MR) is 168 cm³/mol. The molecular formula is C23H11Cl4I3O7. The van der Waals surface area contributed by atoms with Crippen LogP contribution in [-0.2, 0) is 14.7 Å². The predicted octanol–water partition coefficient (Wildman–Crippen LogP) is 8.96. The molecule has 0 atom stereocenters. The molecule has 1 aliphatic carbocycles. The fourth-order valence-electron chi connectivity index (χ4n) is 3.75. The second kappa shape index (κ2) is 11.6. The minimum atomic E-state index is -0.958. The van der Waals surface area contributed by atoms with Crippen molar-refractivity contribution in [3.8, 4) is 28.2 Å². The molecule has 1 aliphatic heterocycles. The average molecular weight is 922 g/mol. The summed E-state index contributed by atoms with van der Waals surface area (Å²) in [6.45, 7) is 1.67. The molecular weight excluding hydrogens is 911 g/mol. The first-order chi connectivity index (χ1) is 17.5. The van der Waals surface area contributed by atoms with Crippen LogP contribution in [0.5, 0.6) is 5.75 Å². The number of carbonyl (C=O) groups is 1. The zero-order valence-electron chi connectivity index (χ0n) is 18.7. The molecule has 37 heavy (non-hydrogen) atoms. The Hall–Kier alpha value is -0.330. The normalized spacial score (nSPS) is 11.4. The quantitative estimate of drug-likeness (QED) is 0.0494. The van der Waals surface area contributed by atoms with Gasteiger partial charge in [-0.2, -0.15) is 9.78 Å². The molecule has 0 radical (unpaired) electrons. The summed E-state index contributed by atoms with van der Waals surface area (Å²) in [4.78, 5) is 45.6. The van der Waals surface area contributed by atoms with Gasteiger partial charge in [-0.25, -0.2) is 4.79 Å². The van der Waals surface area contributed by atoms with Crippen molar-refractivity contribution in [2.24, 2.45) is 0 Å². The standard InChI is InChI=1S/C23H11Cl4I3O7/c1-6-4-7-10(11-12(23(32)37-34-3)14(25)16(27)15(26)13(11)24)8-5-9(28)22(36-33-2)18(30)21(8)35-20(7)17(29)19(6)31/h4-5H,1-3H3. The van der Waals surface area contributed by atoms with Gasteiger partial charge in [-0.15, -0.1) is 0 Å². The maximum Gasteiger partial charge on any atom is 0.375 e. The Labute approximate surface area is 270 Å². The lowest BCUT2D eigenvalue weighted by Crippen LogP contribution is -2.13. The summed E-state index contributed by atoms with van der Waals surface area (Å²) in [5.41, 5.74) is 1.39. The second-order valence-electron chi connectivity index (χ2n) is 7.36. The van der Waals surface area contributed by atoms with Crippen molar-refractivity contribution in [1.82, 2.24) is 0 Å². The van der Waals surface area contributed by atoms with Gasteiger partial charge in [-0.05, 0) is 92.4 Å². The number of rotatable bonds is 5. The third kappa shape index (κ3) is 5.03. The van der Waals surface area contributed by atoms with Crippen molar-refractivity contribution in [2.75, 3.05) is 14.2 Å². The van der Waals surface area contributed by atoms with E-state index in [2.05, 4.69) is 27.5 Å². The van der Waals surface area contributed by atoms with Crippen LogP contribution in [0, 0.1) is 17.6 Å². The molecule has 2 aliphatic rings. The Bertz CT molecular complexity index is 1640. The highest BCUT2D eigenvalue weighted by atomic mass is 127. The number of halogens is 7. The van der Waals surface area contributed by atoms with Gasteiger partial charge in [0.1, 0.15) is 7.14 Å². The van der Waals surface area contributed by atoms with Crippen LogP contribution in [0.1, 0.15) is 15.9 Å². The monoisotopic (exact) mass is 920 g/mol. The molecule has 2 aromatic carbocycles. The lowest BCUT2D eigenvalue weighted by atomic mass is 9.89. The van der Waals surface area contributed by atoms with Crippen LogP contribution in [0.2, 0.25) is 20.1 Å². The Morgan fingerprint density at radius 2 is 1.54 bits per heavy atom. The van der Waals surface area contributed by atoms with Crippen molar-refractivity contribution < 1.29 is 28.8 Å². The lowest BCUT2D eigenvalue weighted by molar-refractivity contribution is -0.216. The summed E-state index contributed by atoms with van der Waals surface area (Å²) in [5.74, 6) is -0.307. The van der Waals surface area contributed by atoms with Crippen LogP contribution in [0.15, 0.2) is 21.3 Å². The number of benzene rings is 3. The maximum atomic E-state index is 13.1. The number of aryl methyl sites for hydroxylation is 1. The Morgan fingerprint density at radius 3 is 2.16 bits per heavy atom. The van der Waals surface area contributed by atoms with Gasteiger partial charge in [0.15, 0.2) is 22.5 Å². The molecule has 0 aromatic heterocycles. The number of fused-ring (bicyclic) bond motifs is 2. The van der Waals surface area contributed by atoms with Gasteiger partial charge in [0.2, 0.25) is 0 Å². The number of hydrogen-bond acceptors (Lipinski definition) is 7. The van der Waals surface area contributed by atoms with Gasteiger partial charge < -0.3 is 9.30 Å². The molecule has 4 rings (SSSR count). The van der Waals surface area contributed by atoms with E-state index in [0.29, 0.717) is 44.1 Å². The fourth-order valence-corrected chi connectivity index (χ4v) is 7.57. The minimum Gasteiger partial charge on any atom is -0.454 e. The smallest absolute Gasteiger partial charge is 0.375 e. The molecule has 14 heteroatoms. The van der Waals surface area contributed by atoms with E-state index in [4.69, 9.17) is 65.5 Å². The summed E-state index contributed by atoms with van der Waals surface area (Å²) >= 11 is 32.1. The number of carbonyl (C=O) groups excluding carboxylic acids is 1. The first-order valence-corrected chi connectivity index (χ1v) is 14.6. The van der Waals surface area contributed by atoms with Crippen LogP contribution in [0.4, 0.5) is 0 Å². The summed E-state index contributed by atoms with van der Waals surface area (Å²) < 4.78 is 7.81. The summed E-state index contributed by atoms with van der Waals surface area (Å²) in [5, 5.41) is 0.0538. The first kappa shape index (κ1) is 29.6. The van der Waals surface area contributed by atoms with Gasteiger partial charge in [-0.3, -0.25) is 9.68 Å². The Balaban J connectivity index is 2.36. The van der Waals surface area contributed by atoms with E-state index in [1.165, 1.54) is 14.2 Å². The third-order valence-electron chi connectivity index (χ3n) is 5.28. The van der Waals surface area contributed by atoms with Gasteiger partial charge >= 0.3 is 5.97 Å². The van der Waals surface area contributed by atoms with Crippen molar-refractivity contribution in [2.45, 2.75) is 6.92 Å². The summed E-state index contributed by atoms with van der Waals surface area (Å²) in [7, 11) is 2.54. The zero-order chi connectivity index (χ0) is 27.3. The molecule has 0 unspecified atom stereocenters. The summed E-state index contributed by atoms with van der Waals surface area (Å²) in [6, 6.07) is 3.41. The van der Waals surface area contributed by atoms with E-state index in [9.17, 15) is 9.59 Å². The van der Waals surface area contributed by atoms with Gasteiger partial charge in [0, 0.05) is 22.1 Å². The molecule has 0 fully saturated rings. The van der Waals surface area contributed by atoms with E-state index in [1.807, 2.05) is 45.2 Å². The topological polar surface area (TPSA) is 84.2 Å². The largest absolute Gasteiger partial charge is 0.454 e. The fraction of sp³-hybridized carbons (Fsp3) is 0.130. The average Bonchev–Trinajstić information content (AvgIpc) is 2.86. The Morgan fingerprint density at radius 1 is 0.892 bits per heavy atom. The molecule has 7 nitrogen and oxygen atoms in total. The zero-order valence-corrected chi connectivity index (χ0v) is 28.2. The van der Waals surface area contributed by atoms with Gasteiger partial charge in [0.25, 0.3) is 0 Å². The molecule has 0 saturated carbocycles. The van der Waals surface area contributed by atoms with E-state index < -0.39 is 5.97 Å². The van der Waals surface area contributed by atoms with E-state index in [-0.39, 0.29) is 42.4 Å². The summed E-state index contributed by atoms with van der Waals surface area (Å²) in [6.07, 6.45) is 0. The van der Waals surface area contributed by atoms with Crippen molar-refractivity contribution in [1.29, 1.82) is 0 Å². The van der Waals surface area contributed by atoms with E-state index in [1.54, 1.807) is 19.1 Å². The van der Waals surface area contributed by atoms with Crippen molar-refractivity contribution in [3.63, 3.8) is 0 Å². The van der Waals surface area contributed by atoms with E-state index >= 15 is 0 Å². The lowest BCUT2D eigenvalue weighted by Gasteiger charge is -2.22. The van der Waals surface area contributed by atoms with Crippen LogP contribution in [0.25, 0.3) is 33.4 Å². The molecule has 0 amide bonds. The van der Waals surface area contributed by atoms with Crippen molar-refractivity contribution >= 4 is 131 Å². The molecule has 0 bridgehead atoms.